The first kappa shape index (κ1) is 14.3. The number of halogens is 1. The van der Waals surface area contributed by atoms with Crippen molar-refractivity contribution < 1.29 is 29.9 Å². The Balaban J connectivity index is 1.83. The Hall–Kier alpha value is -0.610. The van der Waals surface area contributed by atoms with E-state index in [0.29, 0.717) is 5.75 Å². The van der Waals surface area contributed by atoms with E-state index in [1.54, 1.807) is 12.1 Å². The van der Waals surface area contributed by atoms with Crippen LogP contribution in [-0.4, -0.2) is 49.1 Å². The van der Waals surface area contributed by atoms with E-state index < -0.39 is 29.8 Å². The van der Waals surface area contributed by atoms with Crippen LogP contribution in [0.2, 0.25) is 0 Å². The lowest BCUT2D eigenvalue weighted by molar-refractivity contribution is -0.349. The molecule has 110 valence electrons. The van der Waals surface area contributed by atoms with E-state index >= 15 is 0 Å². The summed E-state index contributed by atoms with van der Waals surface area (Å²) in [7, 11) is 0. The molecule has 4 N–H and O–H groups in total. The van der Waals surface area contributed by atoms with Crippen LogP contribution in [0, 0.1) is 11.8 Å². The molecule has 3 rings (SSSR count). The maximum atomic E-state index is 10.4. The summed E-state index contributed by atoms with van der Waals surface area (Å²) in [6, 6.07) is 6.11. The summed E-state index contributed by atoms with van der Waals surface area (Å²) in [6.45, 7) is -0.382. The predicted molar refractivity (Wildman–Crippen MR) is 76.4 cm³/mol. The average molecular weight is 394 g/mol. The number of phenols is 1. The number of hydrogen-bond donors (Lipinski definition) is 4. The first-order valence-electron chi connectivity index (χ1n) is 6.26. The Morgan fingerprint density at radius 1 is 1.30 bits per heavy atom. The highest BCUT2D eigenvalue weighted by atomic mass is 127. The van der Waals surface area contributed by atoms with Gasteiger partial charge in [-0.15, -0.1) is 0 Å². The highest BCUT2D eigenvalue weighted by Crippen LogP contribution is 2.55. The second-order valence-corrected chi connectivity index (χ2v) is 6.33. The normalized spacial score (nSPS) is 42.9. The minimum absolute atomic E-state index is 0.118. The van der Waals surface area contributed by atoms with E-state index in [1.165, 1.54) is 12.1 Å². The van der Waals surface area contributed by atoms with Gasteiger partial charge in [0.1, 0.15) is 27.8 Å². The van der Waals surface area contributed by atoms with Crippen LogP contribution in [0.3, 0.4) is 0 Å². The van der Waals surface area contributed by atoms with E-state index in [-0.39, 0.29) is 16.5 Å². The zero-order valence-corrected chi connectivity index (χ0v) is 12.5. The first-order chi connectivity index (χ1) is 9.47. The molecule has 1 aliphatic heterocycles. The van der Waals surface area contributed by atoms with Crippen molar-refractivity contribution in [1.29, 1.82) is 0 Å². The molecular formula is C13H15IO6. The third-order valence-corrected chi connectivity index (χ3v) is 5.03. The van der Waals surface area contributed by atoms with Crippen molar-refractivity contribution in [2.45, 2.75) is 22.1 Å². The number of ether oxygens (including phenoxy) is 2. The van der Waals surface area contributed by atoms with Gasteiger partial charge < -0.3 is 29.9 Å². The first-order valence-corrected chi connectivity index (χ1v) is 7.51. The van der Waals surface area contributed by atoms with Gasteiger partial charge in [-0.2, -0.15) is 0 Å². The molecule has 0 aromatic heterocycles. The van der Waals surface area contributed by atoms with Crippen LogP contribution < -0.4 is 4.74 Å². The van der Waals surface area contributed by atoms with Crippen molar-refractivity contribution in [3.63, 3.8) is 0 Å². The van der Waals surface area contributed by atoms with Crippen molar-refractivity contribution in [2.75, 3.05) is 6.61 Å². The molecule has 0 spiro atoms. The molecular weight excluding hydrogens is 379 g/mol. The number of hydrogen-bond acceptors (Lipinski definition) is 6. The molecule has 1 saturated carbocycles. The zero-order valence-electron chi connectivity index (χ0n) is 10.4. The molecule has 0 radical (unpaired) electrons. The number of rotatable bonds is 3. The van der Waals surface area contributed by atoms with Crippen LogP contribution >= 0.6 is 22.6 Å². The summed E-state index contributed by atoms with van der Waals surface area (Å²) in [5.41, 5.74) is 0. The fourth-order valence-corrected chi connectivity index (χ4v) is 4.25. The summed E-state index contributed by atoms with van der Waals surface area (Å²) >= 11 is 2.03. The number of aliphatic hydroxyl groups excluding tert-OH is 2. The standard InChI is InChI=1S/C13H15IO6/c14-12-9-11(19-7-3-1-6(16)2-4-7)10(17)8(5-15)13(9,18)20-12/h1-4,8-12,15-18H,5H2/t8?,9?,10-,11?,12+,13?/m1/s1. The average Bonchev–Trinajstić information content (AvgIpc) is 2.56. The van der Waals surface area contributed by atoms with Crippen molar-refractivity contribution in [1.82, 2.24) is 0 Å². The number of fused-ring (bicyclic) bond motifs is 1. The molecule has 6 nitrogen and oxygen atoms in total. The minimum atomic E-state index is -1.54. The van der Waals surface area contributed by atoms with Gasteiger partial charge in [0, 0.05) is 0 Å². The second-order valence-electron chi connectivity index (χ2n) is 5.10. The van der Waals surface area contributed by atoms with Gasteiger partial charge in [0.25, 0.3) is 0 Å². The molecule has 20 heavy (non-hydrogen) atoms. The molecule has 1 saturated heterocycles. The molecule has 1 aromatic rings. The SMILES string of the molecule is OCC1[C@@H](O)C(Oc2ccc(O)cc2)C2[C@@H](I)OC12O. The van der Waals surface area contributed by atoms with E-state index in [1.807, 2.05) is 22.6 Å². The quantitative estimate of drug-likeness (QED) is 0.433. The van der Waals surface area contributed by atoms with Gasteiger partial charge in [0.05, 0.1) is 18.4 Å². The number of aromatic hydroxyl groups is 1. The molecule has 7 heteroatoms. The lowest BCUT2D eigenvalue weighted by atomic mass is 9.91. The van der Waals surface area contributed by atoms with Crippen LogP contribution in [0.4, 0.5) is 0 Å². The Morgan fingerprint density at radius 3 is 2.50 bits per heavy atom. The van der Waals surface area contributed by atoms with Crippen molar-refractivity contribution in [3.8, 4) is 11.5 Å². The maximum absolute atomic E-state index is 10.4. The van der Waals surface area contributed by atoms with Gasteiger partial charge in [-0.25, -0.2) is 0 Å². The minimum Gasteiger partial charge on any atom is -0.508 e. The van der Waals surface area contributed by atoms with Gasteiger partial charge in [-0.05, 0) is 24.3 Å². The fourth-order valence-electron chi connectivity index (χ4n) is 2.92. The van der Waals surface area contributed by atoms with Crippen molar-refractivity contribution >= 4 is 22.6 Å². The summed E-state index contributed by atoms with van der Waals surface area (Å²) in [5, 5.41) is 39.2. The van der Waals surface area contributed by atoms with Gasteiger partial charge in [0.2, 0.25) is 0 Å². The lowest BCUT2D eigenvalue weighted by Crippen LogP contribution is -2.61. The predicted octanol–water partition coefficient (Wildman–Crippen LogP) is 0.219. The van der Waals surface area contributed by atoms with E-state index in [4.69, 9.17) is 9.47 Å². The summed E-state index contributed by atoms with van der Waals surface area (Å²) in [5.74, 6) is -2.15. The van der Waals surface area contributed by atoms with Gasteiger partial charge in [0.15, 0.2) is 5.79 Å². The number of aliphatic hydroxyl groups is 3. The van der Waals surface area contributed by atoms with Crippen molar-refractivity contribution in [3.05, 3.63) is 24.3 Å². The molecule has 0 amide bonds. The van der Waals surface area contributed by atoms with Gasteiger partial charge in [-0.1, -0.05) is 22.6 Å². The Morgan fingerprint density at radius 2 is 1.95 bits per heavy atom. The van der Waals surface area contributed by atoms with Crippen molar-refractivity contribution in [2.24, 2.45) is 11.8 Å². The molecule has 1 aromatic carbocycles. The highest BCUT2D eigenvalue weighted by molar-refractivity contribution is 14.1. The Labute approximate surface area is 129 Å². The lowest BCUT2D eigenvalue weighted by Gasteiger charge is -2.47. The smallest absolute Gasteiger partial charge is 0.184 e. The summed E-state index contributed by atoms with van der Waals surface area (Å²) in [4.78, 5) is 0. The van der Waals surface area contributed by atoms with Crippen LogP contribution in [0.1, 0.15) is 0 Å². The number of benzene rings is 1. The van der Waals surface area contributed by atoms with Gasteiger partial charge in [-0.3, -0.25) is 0 Å². The molecule has 1 heterocycles. The van der Waals surface area contributed by atoms with Crippen LogP contribution in [0.5, 0.6) is 11.5 Å². The Bertz CT molecular complexity index is 494. The second kappa shape index (κ2) is 4.99. The molecule has 0 bridgehead atoms. The molecule has 2 aliphatic rings. The number of alkyl halides is 1. The van der Waals surface area contributed by atoms with E-state index in [9.17, 15) is 20.4 Å². The fraction of sp³-hybridized carbons (Fsp3) is 0.538. The Kier molecular flexibility index (Phi) is 3.57. The van der Waals surface area contributed by atoms with E-state index in [0.717, 1.165) is 0 Å². The van der Waals surface area contributed by atoms with Crippen LogP contribution in [-0.2, 0) is 4.74 Å². The maximum Gasteiger partial charge on any atom is 0.184 e. The topological polar surface area (TPSA) is 99.4 Å². The summed E-state index contributed by atoms with van der Waals surface area (Å²) < 4.78 is 10.8. The third kappa shape index (κ3) is 2.00. The van der Waals surface area contributed by atoms with Crippen LogP contribution in [0.25, 0.3) is 0 Å². The van der Waals surface area contributed by atoms with Gasteiger partial charge >= 0.3 is 0 Å². The van der Waals surface area contributed by atoms with E-state index in [2.05, 4.69) is 0 Å². The largest absolute Gasteiger partial charge is 0.508 e. The monoisotopic (exact) mass is 394 g/mol. The molecule has 2 fully saturated rings. The van der Waals surface area contributed by atoms with Crippen LogP contribution in [0.15, 0.2) is 24.3 Å². The molecule has 6 atom stereocenters. The molecule has 4 unspecified atom stereocenters. The third-order valence-electron chi connectivity index (χ3n) is 4.00. The zero-order chi connectivity index (χ0) is 14.5. The number of phenolic OH excluding ortho intramolecular Hbond substituents is 1. The molecule has 1 aliphatic carbocycles. The summed E-state index contributed by atoms with van der Waals surface area (Å²) in [6.07, 6.45) is -1.69. The highest BCUT2D eigenvalue weighted by Gasteiger charge is 2.71.